The molecular formula is C20H22O3. The maximum atomic E-state index is 12.6. The molecule has 120 valence electrons. The Hall–Kier alpha value is -2.42. The molecule has 3 nitrogen and oxygen atoms in total. The van der Waals surface area contributed by atoms with Crippen LogP contribution in [0.3, 0.4) is 0 Å². The van der Waals surface area contributed by atoms with E-state index in [1.807, 2.05) is 24.3 Å². The highest BCUT2D eigenvalue weighted by Gasteiger charge is 2.28. The first kappa shape index (κ1) is 16.9. The summed E-state index contributed by atoms with van der Waals surface area (Å²) < 4.78 is 5.09. The van der Waals surface area contributed by atoms with E-state index >= 15 is 0 Å². The van der Waals surface area contributed by atoms with Crippen molar-refractivity contribution in [2.75, 3.05) is 6.61 Å². The second-order valence-corrected chi connectivity index (χ2v) is 5.41. The fourth-order valence-corrected chi connectivity index (χ4v) is 2.56. The predicted octanol–water partition coefficient (Wildman–Crippen LogP) is 4.07. The van der Waals surface area contributed by atoms with Crippen LogP contribution in [0.5, 0.6) is 0 Å². The number of esters is 1. The summed E-state index contributed by atoms with van der Waals surface area (Å²) in [6.07, 6.45) is 2.12. The first-order chi connectivity index (χ1) is 11.2. The molecule has 2 rings (SSSR count). The van der Waals surface area contributed by atoms with Gasteiger partial charge in [-0.3, -0.25) is 9.59 Å². The third kappa shape index (κ3) is 5.06. The highest BCUT2D eigenvalue weighted by Crippen LogP contribution is 2.18. The zero-order valence-corrected chi connectivity index (χ0v) is 13.4. The minimum atomic E-state index is -0.721. The van der Waals surface area contributed by atoms with Gasteiger partial charge in [0.05, 0.1) is 6.61 Å². The minimum Gasteiger partial charge on any atom is -0.465 e. The predicted molar refractivity (Wildman–Crippen MR) is 90.3 cm³/mol. The third-order valence-electron chi connectivity index (χ3n) is 3.75. The molecule has 0 saturated carbocycles. The molecule has 0 amide bonds. The van der Waals surface area contributed by atoms with Crippen molar-refractivity contribution in [2.24, 2.45) is 5.92 Å². The fraction of sp³-hybridized carbons (Fsp3) is 0.300. The van der Waals surface area contributed by atoms with E-state index in [4.69, 9.17) is 4.74 Å². The molecule has 23 heavy (non-hydrogen) atoms. The second-order valence-electron chi connectivity index (χ2n) is 5.41. The molecule has 2 aromatic carbocycles. The summed E-state index contributed by atoms with van der Waals surface area (Å²) in [7, 11) is 0. The van der Waals surface area contributed by atoms with Crippen molar-refractivity contribution in [3.63, 3.8) is 0 Å². The van der Waals surface area contributed by atoms with Gasteiger partial charge >= 0.3 is 5.97 Å². The largest absolute Gasteiger partial charge is 0.465 e. The van der Waals surface area contributed by atoms with Crippen LogP contribution in [0.2, 0.25) is 0 Å². The van der Waals surface area contributed by atoms with Gasteiger partial charge in [-0.05, 0) is 31.7 Å². The van der Waals surface area contributed by atoms with Crippen LogP contribution in [-0.4, -0.2) is 18.4 Å². The molecule has 0 N–H and O–H groups in total. The van der Waals surface area contributed by atoms with Crippen molar-refractivity contribution in [1.29, 1.82) is 0 Å². The molecule has 0 aromatic heterocycles. The number of ether oxygens (including phenoxy) is 1. The summed E-state index contributed by atoms with van der Waals surface area (Å²) in [5, 5.41) is 0. The molecule has 0 aliphatic carbocycles. The van der Waals surface area contributed by atoms with E-state index in [1.165, 1.54) is 5.56 Å². The average molecular weight is 310 g/mol. The Kier molecular flexibility index (Phi) is 6.55. The zero-order chi connectivity index (χ0) is 16.5. The van der Waals surface area contributed by atoms with Crippen LogP contribution in [0, 0.1) is 5.92 Å². The van der Waals surface area contributed by atoms with Crippen molar-refractivity contribution in [1.82, 2.24) is 0 Å². The lowest BCUT2D eigenvalue weighted by molar-refractivity contribution is -0.146. The van der Waals surface area contributed by atoms with Crippen LogP contribution >= 0.6 is 0 Å². The lowest BCUT2D eigenvalue weighted by atomic mass is 9.92. The van der Waals surface area contributed by atoms with Crippen molar-refractivity contribution >= 4 is 11.8 Å². The molecule has 0 bridgehead atoms. The van der Waals surface area contributed by atoms with E-state index in [0.717, 1.165) is 12.8 Å². The number of carbonyl (C=O) groups excluding carboxylic acids is 2. The Morgan fingerprint density at radius 1 is 0.957 bits per heavy atom. The highest BCUT2D eigenvalue weighted by atomic mass is 16.5. The Morgan fingerprint density at radius 3 is 2.17 bits per heavy atom. The van der Waals surface area contributed by atoms with Gasteiger partial charge in [0, 0.05) is 5.56 Å². The molecular weight excluding hydrogens is 288 g/mol. The smallest absolute Gasteiger partial charge is 0.316 e. The number of ketones is 1. The fourth-order valence-electron chi connectivity index (χ4n) is 2.56. The van der Waals surface area contributed by atoms with Gasteiger partial charge in [0.2, 0.25) is 0 Å². The van der Waals surface area contributed by atoms with Gasteiger partial charge in [0.1, 0.15) is 5.92 Å². The van der Waals surface area contributed by atoms with Gasteiger partial charge in [-0.25, -0.2) is 0 Å². The van der Waals surface area contributed by atoms with E-state index in [9.17, 15) is 9.59 Å². The van der Waals surface area contributed by atoms with Crippen molar-refractivity contribution in [3.8, 4) is 0 Å². The molecule has 0 aliphatic heterocycles. The molecule has 0 saturated heterocycles. The van der Waals surface area contributed by atoms with Gasteiger partial charge in [0.15, 0.2) is 5.78 Å². The highest BCUT2D eigenvalue weighted by molar-refractivity contribution is 6.08. The molecule has 1 unspecified atom stereocenters. The average Bonchev–Trinajstić information content (AvgIpc) is 2.60. The molecule has 1 atom stereocenters. The number of rotatable bonds is 8. The van der Waals surface area contributed by atoms with Crippen molar-refractivity contribution in [2.45, 2.75) is 26.2 Å². The van der Waals surface area contributed by atoms with Crippen LogP contribution < -0.4 is 0 Å². The van der Waals surface area contributed by atoms with Gasteiger partial charge in [-0.15, -0.1) is 0 Å². The van der Waals surface area contributed by atoms with Crippen LogP contribution in [0.25, 0.3) is 0 Å². The minimum absolute atomic E-state index is 0.155. The summed E-state index contributed by atoms with van der Waals surface area (Å²) in [6, 6.07) is 19.0. The van der Waals surface area contributed by atoms with Gasteiger partial charge < -0.3 is 4.74 Å². The number of hydrogen-bond acceptors (Lipinski definition) is 3. The number of benzene rings is 2. The van der Waals surface area contributed by atoms with Crippen molar-refractivity contribution < 1.29 is 14.3 Å². The number of Topliss-reactive ketones (excluding diaryl/α,β-unsaturated/α-hetero) is 1. The molecule has 3 heteroatoms. The van der Waals surface area contributed by atoms with Gasteiger partial charge in [-0.1, -0.05) is 60.7 Å². The van der Waals surface area contributed by atoms with E-state index in [1.54, 1.807) is 31.2 Å². The number of hydrogen-bond donors (Lipinski definition) is 0. The molecule has 0 radical (unpaired) electrons. The maximum Gasteiger partial charge on any atom is 0.316 e. The van der Waals surface area contributed by atoms with Gasteiger partial charge in [0.25, 0.3) is 0 Å². The van der Waals surface area contributed by atoms with E-state index in [2.05, 4.69) is 12.1 Å². The first-order valence-corrected chi connectivity index (χ1v) is 8.02. The molecule has 2 aromatic rings. The molecule has 0 spiro atoms. The molecule has 0 aliphatic rings. The van der Waals surface area contributed by atoms with E-state index in [0.29, 0.717) is 12.0 Å². The summed E-state index contributed by atoms with van der Waals surface area (Å²) >= 11 is 0. The Bertz CT molecular complexity index is 620. The van der Waals surface area contributed by atoms with E-state index in [-0.39, 0.29) is 12.4 Å². The third-order valence-corrected chi connectivity index (χ3v) is 3.75. The summed E-state index contributed by atoms with van der Waals surface area (Å²) in [5.74, 6) is -1.30. The zero-order valence-electron chi connectivity index (χ0n) is 13.4. The molecule has 0 fully saturated rings. The number of aryl methyl sites for hydroxylation is 1. The van der Waals surface area contributed by atoms with Crippen LogP contribution in [0.1, 0.15) is 35.7 Å². The van der Waals surface area contributed by atoms with Crippen LogP contribution in [0.15, 0.2) is 60.7 Å². The normalized spacial score (nSPS) is 11.7. The Morgan fingerprint density at radius 2 is 1.57 bits per heavy atom. The van der Waals surface area contributed by atoms with Gasteiger partial charge in [-0.2, -0.15) is 0 Å². The second kappa shape index (κ2) is 8.89. The number of carbonyl (C=O) groups is 2. The van der Waals surface area contributed by atoms with E-state index < -0.39 is 11.9 Å². The quantitative estimate of drug-likeness (QED) is 0.419. The first-order valence-electron chi connectivity index (χ1n) is 8.02. The monoisotopic (exact) mass is 310 g/mol. The lowest BCUT2D eigenvalue weighted by Crippen LogP contribution is -2.26. The molecule has 0 heterocycles. The lowest BCUT2D eigenvalue weighted by Gasteiger charge is -2.14. The van der Waals surface area contributed by atoms with Crippen molar-refractivity contribution in [3.05, 3.63) is 71.8 Å². The maximum absolute atomic E-state index is 12.6. The van der Waals surface area contributed by atoms with Crippen LogP contribution in [0.4, 0.5) is 0 Å². The summed E-state index contributed by atoms with van der Waals surface area (Å²) in [5.41, 5.74) is 1.77. The Labute approximate surface area is 137 Å². The SMILES string of the molecule is CCOC(=O)C(CCCc1ccccc1)C(=O)c1ccccc1. The topological polar surface area (TPSA) is 43.4 Å². The summed E-state index contributed by atoms with van der Waals surface area (Å²) in [6.45, 7) is 2.04. The Balaban J connectivity index is 2.02. The standard InChI is InChI=1S/C20H22O3/c1-2-23-20(22)18(19(21)17-13-7-4-8-14-17)15-9-12-16-10-5-3-6-11-16/h3-8,10-11,13-14,18H,2,9,12,15H2,1H3. The van der Waals surface area contributed by atoms with Crippen LogP contribution in [-0.2, 0) is 16.0 Å². The summed E-state index contributed by atoms with van der Waals surface area (Å²) in [4.78, 5) is 24.8.